The number of rotatable bonds is 8. The minimum atomic E-state index is -0.970. The lowest BCUT2D eigenvalue weighted by atomic mass is 9.98. The molecule has 0 radical (unpaired) electrons. The molecule has 0 spiro atoms. The SMILES string of the molecule is Cc1cc(OCCNC(=O)CCC(=O)O)ccc1C(C)C. The average Bonchev–Trinajstić information content (AvgIpc) is 2.41. The van der Waals surface area contributed by atoms with Gasteiger partial charge in [-0.15, -0.1) is 0 Å². The number of benzene rings is 1. The number of carboxylic acid groups (broad SMARTS) is 1. The summed E-state index contributed by atoms with van der Waals surface area (Å²) in [6.07, 6.45) is -0.153. The molecule has 5 nitrogen and oxygen atoms in total. The highest BCUT2D eigenvalue weighted by Crippen LogP contribution is 2.23. The fourth-order valence-electron chi connectivity index (χ4n) is 2.05. The molecule has 0 saturated heterocycles. The maximum atomic E-state index is 11.3. The third kappa shape index (κ3) is 6.29. The molecule has 0 heterocycles. The van der Waals surface area contributed by atoms with E-state index >= 15 is 0 Å². The van der Waals surface area contributed by atoms with Crippen molar-refractivity contribution in [3.8, 4) is 5.75 Å². The first-order chi connectivity index (χ1) is 9.90. The summed E-state index contributed by atoms with van der Waals surface area (Å²) in [4.78, 5) is 21.6. The predicted molar refractivity (Wildman–Crippen MR) is 80.6 cm³/mol. The molecular weight excluding hydrogens is 270 g/mol. The third-order valence-electron chi connectivity index (χ3n) is 3.12. The summed E-state index contributed by atoms with van der Waals surface area (Å²) in [5.74, 6) is 0.0127. The van der Waals surface area contributed by atoms with Crippen LogP contribution in [0, 0.1) is 6.92 Å². The summed E-state index contributed by atoms with van der Waals surface area (Å²) in [6.45, 7) is 7.07. The van der Waals surface area contributed by atoms with Crippen molar-refractivity contribution in [3.63, 3.8) is 0 Å². The van der Waals surface area contributed by atoms with Crippen LogP contribution in [0.3, 0.4) is 0 Å². The van der Waals surface area contributed by atoms with Gasteiger partial charge in [-0.2, -0.15) is 0 Å². The largest absolute Gasteiger partial charge is 0.492 e. The van der Waals surface area contributed by atoms with E-state index in [0.717, 1.165) is 5.75 Å². The van der Waals surface area contributed by atoms with E-state index in [2.05, 4.69) is 32.2 Å². The van der Waals surface area contributed by atoms with Crippen LogP contribution >= 0.6 is 0 Å². The van der Waals surface area contributed by atoms with Crippen LogP contribution in [0.2, 0.25) is 0 Å². The van der Waals surface area contributed by atoms with E-state index < -0.39 is 5.97 Å². The highest BCUT2D eigenvalue weighted by molar-refractivity contribution is 5.80. The number of hydrogen-bond acceptors (Lipinski definition) is 3. The molecule has 0 aliphatic carbocycles. The lowest BCUT2D eigenvalue weighted by molar-refractivity contribution is -0.138. The molecule has 2 N–H and O–H groups in total. The molecule has 0 aliphatic rings. The number of aliphatic carboxylic acids is 1. The van der Waals surface area contributed by atoms with Crippen molar-refractivity contribution in [2.45, 2.75) is 39.5 Å². The molecule has 5 heteroatoms. The van der Waals surface area contributed by atoms with Crippen molar-refractivity contribution in [1.82, 2.24) is 5.32 Å². The average molecular weight is 293 g/mol. The Morgan fingerprint density at radius 2 is 2.00 bits per heavy atom. The second kappa shape index (κ2) is 8.29. The van der Waals surface area contributed by atoms with Crippen LogP contribution in [0.1, 0.15) is 43.7 Å². The quantitative estimate of drug-likeness (QED) is 0.722. The number of carbonyl (C=O) groups excluding carboxylic acids is 1. The van der Waals surface area contributed by atoms with E-state index in [1.807, 2.05) is 12.1 Å². The summed E-state index contributed by atoms with van der Waals surface area (Å²) in [5.41, 5.74) is 2.48. The highest BCUT2D eigenvalue weighted by atomic mass is 16.5. The van der Waals surface area contributed by atoms with E-state index in [1.54, 1.807) is 0 Å². The summed E-state index contributed by atoms with van der Waals surface area (Å²) >= 11 is 0. The van der Waals surface area contributed by atoms with Crippen LogP contribution in [0.25, 0.3) is 0 Å². The van der Waals surface area contributed by atoms with Gasteiger partial charge in [0.25, 0.3) is 0 Å². The second-order valence-corrected chi connectivity index (χ2v) is 5.27. The van der Waals surface area contributed by atoms with Crippen LogP contribution in [0.4, 0.5) is 0 Å². The fraction of sp³-hybridized carbons (Fsp3) is 0.500. The molecule has 0 atom stereocenters. The van der Waals surface area contributed by atoms with Gasteiger partial charge in [0, 0.05) is 6.42 Å². The van der Waals surface area contributed by atoms with Gasteiger partial charge in [0.1, 0.15) is 12.4 Å². The molecule has 1 amide bonds. The molecule has 0 bridgehead atoms. The van der Waals surface area contributed by atoms with E-state index in [0.29, 0.717) is 19.1 Å². The highest BCUT2D eigenvalue weighted by Gasteiger charge is 2.06. The van der Waals surface area contributed by atoms with E-state index in [-0.39, 0.29) is 18.7 Å². The van der Waals surface area contributed by atoms with E-state index in [4.69, 9.17) is 9.84 Å². The number of hydrogen-bond donors (Lipinski definition) is 2. The van der Waals surface area contributed by atoms with Gasteiger partial charge in [0.2, 0.25) is 5.91 Å². The molecule has 0 aromatic heterocycles. The van der Waals surface area contributed by atoms with Crippen molar-refractivity contribution < 1.29 is 19.4 Å². The second-order valence-electron chi connectivity index (χ2n) is 5.27. The van der Waals surface area contributed by atoms with Crippen LogP contribution in [0.15, 0.2) is 18.2 Å². The normalized spacial score (nSPS) is 10.5. The Morgan fingerprint density at radius 1 is 1.29 bits per heavy atom. The molecule has 21 heavy (non-hydrogen) atoms. The summed E-state index contributed by atoms with van der Waals surface area (Å²) in [5, 5.41) is 11.1. The van der Waals surface area contributed by atoms with E-state index in [9.17, 15) is 9.59 Å². The zero-order chi connectivity index (χ0) is 15.8. The zero-order valence-electron chi connectivity index (χ0n) is 12.8. The zero-order valence-corrected chi connectivity index (χ0v) is 12.8. The lowest BCUT2D eigenvalue weighted by Gasteiger charge is -2.12. The summed E-state index contributed by atoms with van der Waals surface area (Å²) < 4.78 is 5.57. The van der Waals surface area contributed by atoms with Gasteiger partial charge >= 0.3 is 5.97 Å². The molecular formula is C16H23NO4. The first kappa shape index (κ1) is 17.0. The Balaban J connectivity index is 2.31. The van der Waals surface area contributed by atoms with Crippen LogP contribution < -0.4 is 10.1 Å². The van der Waals surface area contributed by atoms with Gasteiger partial charge in [-0.1, -0.05) is 19.9 Å². The molecule has 0 saturated carbocycles. The monoisotopic (exact) mass is 293 g/mol. The fourth-order valence-corrected chi connectivity index (χ4v) is 2.05. The topological polar surface area (TPSA) is 75.6 Å². The molecule has 0 unspecified atom stereocenters. The Morgan fingerprint density at radius 3 is 2.57 bits per heavy atom. The first-order valence-corrected chi connectivity index (χ1v) is 7.12. The Kier molecular flexibility index (Phi) is 6.72. The molecule has 0 aliphatic heterocycles. The van der Waals surface area contributed by atoms with Crippen LogP contribution in [0.5, 0.6) is 5.75 Å². The minimum Gasteiger partial charge on any atom is -0.492 e. The third-order valence-corrected chi connectivity index (χ3v) is 3.12. The number of carbonyl (C=O) groups is 2. The molecule has 0 fully saturated rings. The van der Waals surface area contributed by atoms with Gasteiger partial charge in [-0.3, -0.25) is 9.59 Å². The number of nitrogens with one attached hydrogen (secondary N) is 1. The molecule has 1 aromatic rings. The minimum absolute atomic E-state index is 0.00245. The smallest absolute Gasteiger partial charge is 0.303 e. The van der Waals surface area contributed by atoms with Gasteiger partial charge < -0.3 is 15.2 Å². The Bertz CT molecular complexity index is 497. The number of aryl methyl sites for hydroxylation is 1. The first-order valence-electron chi connectivity index (χ1n) is 7.12. The molecule has 116 valence electrons. The van der Waals surface area contributed by atoms with Crippen LogP contribution in [-0.2, 0) is 9.59 Å². The van der Waals surface area contributed by atoms with Gasteiger partial charge in [0.15, 0.2) is 0 Å². The molecule has 1 rings (SSSR count). The number of ether oxygens (including phenoxy) is 1. The number of carboxylic acids is 1. The predicted octanol–water partition coefficient (Wildman–Crippen LogP) is 2.48. The van der Waals surface area contributed by atoms with Crippen molar-refractivity contribution in [1.29, 1.82) is 0 Å². The summed E-state index contributed by atoms with van der Waals surface area (Å²) in [7, 11) is 0. The van der Waals surface area contributed by atoms with Crippen molar-refractivity contribution in [2.75, 3.05) is 13.2 Å². The Hall–Kier alpha value is -2.04. The van der Waals surface area contributed by atoms with Crippen molar-refractivity contribution >= 4 is 11.9 Å². The Labute approximate surface area is 125 Å². The van der Waals surface area contributed by atoms with Crippen LogP contribution in [-0.4, -0.2) is 30.1 Å². The van der Waals surface area contributed by atoms with Crippen molar-refractivity contribution in [2.24, 2.45) is 0 Å². The van der Waals surface area contributed by atoms with Crippen molar-refractivity contribution in [3.05, 3.63) is 29.3 Å². The van der Waals surface area contributed by atoms with Gasteiger partial charge in [-0.05, 0) is 36.1 Å². The van der Waals surface area contributed by atoms with Gasteiger partial charge in [-0.25, -0.2) is 0 Å². The van der Waals surface area contributed by atoms with E-state index in [1.165, 1.54) is 11.1 Å². The lowest BCUT2D eigenvalue weighted by Crippen LogP contribution is -2.28. The molecule has 1 aromatic carbocycles. The standard InChI is InChI=1S/C16H23NO4/c1-11(2)14-5-4-13(10-12(14)3)21-9-8-17-15(18)6-7-16(19)20/h4-5,10-11H,6-9H2,1-3H3,(H,17,18)(H,19,20). The maximum absolute atomic E-state index is 11.3. The summed E-state index contributed by atoms with van der Waals surface area (Å²) in [6, 6.07) is 5.97. The van der Waals surface area contributed by atoms with Gasteiger partial charge in [0.05, 0.1) is 13.0 Å². The number of amides is 1. The maximum Gasteiger partial charge on any atom is 0.303 e.